The van der Waals surface area contributed by atoms with Crippen LogP contribution < -0.4 is 15.5 Å². The summed E-state index contributed by atoms with van der Waals surface area (Å²) in [7, 11) is -3.66. The summed E-state index contributed by atoms with van der Waals surface area (Å²) in [4.78, 5) is 13.0. The molecule has 2 heterocycles. The summed E-state index contributed by atoms with van der Waals surface area (Å²) in [5, 5.41) is 3.10. The number of fused-ring (bicyclic) bond motifs is 1. The van der Waals surface area contributed by atoms with Crippen molar-refractivity contribution in [2.24, 2.45) is 0 Å². The molecule has 0 unspecified atom stereocenters. The van der Waals surface area contributed by atoms with Crippen LogP contribution in [0.4, 0.5) is 23.2 Å². The van der Waals surface area contributed by atoms with Crippen LogP contribution in [0.1, 0.15) is 79.9 Å². The zero-order valence-corrected chi connectivity index (χ0v) is 28.6. The Kier molecular flexibility index (Phi) is 8.90. The third-order valence-electron chi connectivity index (χ3n) is 9.51. The van der Waals surface area contributed by atoms with Crippen molar-refractivity contribution in [3.05, 3.63) is 82.7 Å². The average molecular weight is 701 g/mol. The maximum atomic E-state index is 14.2. The van der Waals surface area contributed by atoms with Gasteiger partial charge in [0, 0.05) is 24.1 Å². The summed E-state index contributed by atoms with van der Waals surface area (Å²) in [5.41, 5.74) is -0.321. The summed E-state index contributed by atoms with van der Waals surface area (Å²) < 4.78 is 103. The van der Waals surface area contributed by atoms with Gasteiger partial charge in [0.1, 0.15) is 17.2 Å². The van der Waals surface area contributed by atoms with Crippen LogP contribution in [0.3, 0.4) is 0 Å². The number of hydrogen-bond acceptors (Lipinski definition) is 6. The molecule has 0 bridgehead atoms. The van der Waals surface area contributed by atoms with Crippen LogP contribution in [-0.4, -0.2) is 45.4 Å². The van der Waals surface area contributed by atoms with E-state index in [0.717, 1.165) is 18.9 Å². The lowest BCUT2D eigenvalue weighted by Gasteiger charge is -2.32. The molecule has 6 rings (SSSR count). The highest BCUT2D eigenvalue weighted by Gasteiger charge is 2.53. The minimum atomic E-state index is -4.68. The number of hydrogen-bond donors (Lipinski definition) is 2. The Morgan fingerprint density at radius 3 is 2.22 bits per heavy atom. The molecule has 4 aromatic rings. The summed E-state index contributed by atoms with van der Waals surface area (Å²) in [6.07, 6.45) is -2.87. The number of carbonyl (C=O) groups excluding carboxylic acids is 1. The van der Waals surface area contributed by atoms with E-state index >= 15 is 0 Å². The Morgan fingerprint density at radius 2 is 1.63 bits per heavy atom. The van der Waals surface area contributed by atoms with Gasteiger partial charge in [-0.2, -0.15) is 13.2 Å². The van der Waals surface area contributed by atoms with E-state index < -0.39 is 51.8 Å². The first-order valence-corrected chi connectivity index (χ1v) is 17.7. The maximum absolute atomic E-state index is 14.2. The van der Waals surface area contributed by atoms with Gasteiger partial charge < -0.3 is 19.0 Å². The molecular formula is C35H37BF4N2O6S. The molecule has 1 amide bonds. The zero-order valence-electron chi connectivity index (χ0n) is 27.8. The lowest BCUT2D eigenvalue weighted by atomic mass is 9.75. The molecule has 0 atom stereocenters. The minimum Gasteiger partial charge on any atom is -0.455 e. The van der Waals surface area contributed by atoms with Gasteiger partial charge in [-0.25, -0.2) is 12.8 Å². The quantitative estimate of drug-likeness (QED) is 0.134. The van der Waals surface area contributed by atoms with E-state index in [1.54, 1.807) is 39.8 Å². The summed E-state index contributed by atoms with van der Waals surface area (Å²) in [6, 6.07) is 12.7. The van der Waals surface area contributed by atoms with E-state index in [1.165, 1.54) is 43.4 Å². The van der Waals surface area contributed by atoms with Crippen LogP contribution in [0, 0.1) is 5.82 Å². The van der Waals surface area contributed by atoms with Crippen LogP contribution >= 0.6 is 0 Å². The smallest absolute Gasteiger partial charge is 0.455 e. The largest absolute Gasteiger partial charge is 0.495 e. The van der Waals surface area contributed by atoms with Crippen LogP contribution in [0.15, 0.2) is 59.0 Å². The molecule has 260 valence electrons. The Labute approximate surface area is 282 Å². The number of furan rings is 1. The van der Waals surface area contributed by atoms with Crippen molar-refractivity contribution in [1.82, 2.24) is 5.32 Å². The molecule has 1 saturated heterocycles. The van der Waals surface area contributed by atoms with Gasteiger partial charge in [-0.1, -0.05) is 12.1 Å². The lowest BCUT2D eigenvalue weighted by molar-refractivity contribution is -0.136. The second kappa shape index (κ2) is 12.5. The number of anilines is 1. The van der Waals surface area contributed by atoms with Gasteiger partial charge in [0.15, 0.2) is 0 Å². The molecule has 0 radical (unpaired) electrons. The van der Waals surface area contributed by atoms with E-state index in [9.17, 15) is 30.8 Å². The van der Waals surface area contributed by atoms with E-state index in [4.69, 9.17) is 13.7 Å². The van der Waals surface area contributed by atoms with Crippen molar-refractivity contribution >= 4 is 45.2 Å². The van der Waals surface area contributed by atoms with Crippen molar-refractivity contribution in [2.45, 2.75) is 76.7 Å². The molecule has 14 heteroatoms. The number of amides is 1. The van der Waals surface area contributed by atoms with Crippen LogP contribution in [0.25, 0.3) is 22.3 Å². The molecule has 8 nitrogen and oxygen atoms in total. The highest BCUT2D eigenvalue weighted by molar-refractivity contribution is 7.92. The fourth-order valence-electron chi connectivity index (χ4n) is 6.00. The molecule has 2 fully saturated rings. The molecule has 1 saturated carbocycles. The summed E-state index contributed by atoms with van der Waals surface area (Å²) >= 11 is 0. The Morgan fingerprint density at radius 1 is 0.980 bits per heavy atom. The highest BCUT2D eigenvalue weighted by Crippen LogP contribution is 2.47. The topological polar surface area (TPSA) is 107 Å². The molecule has 1 aliphatic heterocycles. The molecule has 0 spiro atoms. The lowest BCUT2D eigenvalue weighted by Crippen LogP contribution is -2.41. The van der Waals surface area contributed by atoms with Crippen molar-refractivity contribution in [3.63, 3.8) is 0 Å². The monoisotopic (exact) mass is 700 g/mol. The SMILES string of the molecule is CNC(=O)c1c(-c2ccc(F)cc2)oc2cc(NS(=O)(=O)CCCc3ccc(B4OC(C)(C)C(C)(C)O4)c(C(F)(F)F)c3)c(C3CC3)cc12. The Hall–Kier alpha value is -3.88. The van der Waals surface area contributed by atoms with E-state index in [-0.39, 0.29) is 46.9 Å². The molecular weight excluding hydrogens is 663 g/mol. The van der Waals surface area contributed by atoms with Gasteiger partial charge in [-0.3, -0.25) is 9.52 Å². The van der Waals surface area contributed by atoms with E-state index in [0.29, 0.717) is 27.8 Å². The first-order chi connectivity index (χ1) is 22.9. The Bertz CT molecular complexity index is 2010. The summed E-state index contributed by atoms with van der Waals surface area (Å²) in [5.74, 6) is -0.914. The molecule has 3 aromatic carbocycles. The molecule has 1 aliphatic carbocycles. The second-order valence-electron chi connectivity index (χ2n) is 13.6. The highest BCUT2D eigenvalue weighted by atomic mass is 32.2. The van der Waals surface area contributed by atoms with Crippen molar-refractivity contribution in [1.29, 1.82) is 0 Å². The molecule has 2 N–H and O–H groups in total. The molecule has 2 aliphatic rings. The number of carbonyl (C=O) groups is 1. The third-order valence-corrected chi connectivity index (χ3v) is 10.9. The fourth-order valence-corrected chi connectivity index (χ4v) is 7.14. The number of sulfonamides is 1. The fraction of sp³-hybridized carbons (Fsp3) is 0.400. The first kappa shape index (κ1) is 35.0. The predicted molar refractivity (Wildman–Crippen MR) is 180 cm³/mol. The van der Waals surface area contributed by atoms with Crippen molar-refractivity contribution in [3.8, 4) is 11.3 Å². The zero-order chi connectivity index (χ0) is 35.5. The Balaban J connectivity index is 1.22. The summed E-state index contributed by atoms with van der Waals surface area (Å²) in [6.45, 7) is 7.04. The average Bonchev–Trinajstić information content (AvgIpc) is 3.75. The van der Waals surface area contributed by atoms with Gasteiger partial charge in [-0.05, 0) is 112 Å². The normalized spacial score (nSPS) is 17.4. The van der Waals surface area contributed by atoms with Gasteiger partial charge in [0.2, 0.25) is 10.0 Å². The number of halogens is 4. The maximum Gasteiger partial charge on any atom is 0.495 e. The number of aryl methyl sites for hydroxylation is 1. The third kappa shape index (κ3) is 7.09. The van der Waals surface area contributed by atoms with Crippen LogP contribution in [0.5, 0.6) is 0 Å². The van der Waals surface area contributed by atoms with Crippen LogP contribution in [-0.2, 0) is 31.9 Å². The van der Waals surface area contributed by atoms with Gasteiger partial charge in [-0.15, -0.1) is 0 Å². The second-order valence-corrected chi connectivity index (χ2v) is 15.5. The molecule has 49 heavy (non-hydrogen) atoms. The van der Waals surface area contributed by atoms with Gasteiger partial charge in [0.05, 0.1) is 33.8 Å². The number of benzene rings is 3. The molecule has 1 aromatic heterocycles. The van der Waals surface area contributed by atoms with Gasteiger partial charge >= 0.3 is 13.3 Å². The standard InChI is InChI=1S/C35H37BF4N2O6S/c1-33(2)34(3,4)48-36(47-33)27-15-8-20(17-26(27)35(38,39)40)7-6-16-49(44,45)42-28-19-29-25(18-24(28)21-9-10-21)30(32(43)41-5)31(46-29)22-11-13-23(37)14-12-22/h8,11-15,17-19,21,42H,6-7,9-10,16H2,1-5H3,(H,41,43). The van der Waals surface area contributed by atoms with E-state index in [1.807, 2.05) is 0 Å². The predicted octanol–water partition coefficient (Wildman–Crippen LogP) is 7.17. The van der Waals surface area contributed by atoms with Crippen LogP contribution in [0.2, 0.25) is 0 Å². The number of nitrogens with one attached hydrogen (secondary N) is 2. The number of rotatable bonds is 10. The number of alkyl halides is 3. The van der Waals surface area contributed by atoms with Gasteiger partial charge in [0.25, 0.3) is 5.91 Å². The van der Waals surface area contributed by atoms with Crippen molar-refractivity contribution < 1.29 is 44.5 Å². The first-order valence-electron chi connectivity index (χ1n) is 16.0. The minimum absolute atomic E-state index is 0.0553. The van der Waals surface area contributed by atoms with E-state index in [2.05, 4.69) is 10.0 Å². The van der Waals surface area contributed by atoms with Crippen molar-refractivity contribution in [2.75, 3.05) is 17.5 Å².